The normalized spacial score (nSPS) is 17.0. The van der Waals surface area contributed by atoms with Crippen LogP contribution in [0.4, 0.5) is 48.3 Å². The molecular weight excluding hydrogens is 528 g/mol. The molecule has 0 aliphatic rings. The van der Waals surface area contributed by atoms with Gasteiger partial charge in [0.25, 0.3) is 5.67 Å². The minimum absolute atomic E-state index is 0.149. The summed E-state index contributed by atoms with van der Waals surface area (Å²) in [5, 5.41) is 0. The molecule has 168 valence electrons. The first-order valence-electron chi connectivity index (χ1n) is 8.41. The van der Waals surface area contributed by atoms with E-state index in [0.717, 1.165) is 48.3 Å². The van der Waals surface area contributed by atoms with Gasteiger partial charge in [-0.25, -0.2) is 4.39 Å². The lowest BCUT2D eigenvalue weighted by molar-refractivity contribution is -0.402. The quantitative estimate of drug-likeness (QED) is 0.138. The molecule has 0 N–H and O–H groups in total. The van der Waals surface area contributed by atoms with Crippen molar-refractivity contribution in [3.8, 4) is 0 Å². The van der Waals surface area contributed by atoms with E-state index < -0.39 is 39.5 Å². The molecule has 0 aromatic heterocycles. The van der Waals surface area contributed by atoms with Gasteiger partial charge in [-0.15, -0.1) is 0 Å². The molecule has 0 spiro atoms. The van der Waals surface area contributed by atoms with E-state index in [1.54, 1.807) is 0 Å². The van der Waals surface area contributed by atoms with Gasteiger partial charge in [0.05, 0.1) is 0 Å². The molecule has 0 saturated carbocycles. The van der Waals surface area contributed by atoms with Crippen LogP contribution in [0.5, 0.6) is 0 Å². The van der Waals surface area contributed by atoms with Crippen LogP contribution in [-0.2, 0) is 0 Å². The summed E-state index contributed by atoms with van der Waals surface area (Å²) in [5.74, 6) is -14.3. The van der Waals surface area contributed by atoms with Crippen molar-refractivity contribution in [3.63, 3.8) is 0 Å². The largest absolute Gasteiger partial charge is 0.460 e. The Bertz CT molecular complexity index is 508. The maximum absolute atomic E-state index is 14.1. The van der Waals surface area contributed by atoms with Crippen molar-refractivity contribution in [1.29, 1.82) is 0 Å². The molecule has 0 aromatic rings. The standard InChI is InChI=1S/C16H20F11I/c1-2-3-4-5-6-7-8-9-11(28)10-12(17,15(22,23)24)13(18,19)14(20,21)16(25,26)27/h10H,2-9H2,1H3. The van der Waals surface area contributed by atoms with E-state index >= 15 is 0 Å². The van der Waals surface area contributed by atoms with Crippen LogP contribution in [0.1, 0.15) is 58.3 Å². The third kappa shape index (κ3) is 6.35. The smallest absolute Gasteiger partial charge is 0.222 e. The Kier molecular flexibility index (Phi) is 10.0. The van der Waals surface area contributed by atoms with Crippen LogP contribution in [-0.4, -0.2) is 29.9 Å². The number of alkyl halides is 11. The topological polar surface area (TPSA) is 0 Å². The van der Waals surface area contributed by atoms with E-state index in [9.17, 15) is 48.3 Å². The first-order valence-corrected chi connectivity index (χ1v) is 9.48. The average molecular weight is 548 g/mol. The molecule has 0 saturated heterocycles. The fourth-order valence-electron chi connectivity index (χ4n) is 2.30. The van der Waals surface area contributed by atoms with Crippen LogP contribution in [0.25, 0.3) is 0 Å². The van der Waals surface area contributed by atoms with Crippen LogP contribution in [0.3, 0.4) is 0 Å². The summed E-state index contributed by atoms with van der Waals surface area (Å²) in [6.45, 7) is 1.98. The minimum Gasteiger partial charge on any atom is -0.222 e. The van der Waals surface area contributed by atoms with Crippen molar-refractivity contribution in [2.75, 3.05) is 0 Å². The summed E-state index contributed by atoms with van der Waals surface area (Å²) in [6.07, 6.45) is -10.0. The van der Waals surface area contributed by atoms with Crippen LogP contribution >= 0.6 is 22.6 Å². The van der Waals surface area contributed by atoms with Crippen molar-refractivity contribution in [1.82, 2.24) is 0 Å². The van der Waals surface area contributed by atoms with E-state index in [1.807, 2.05) is 6.92 Å². The molecule has 0 heterocycles. The fourth-order valence-corrected chi connectivity index (χ4v) is 3.11. The molecule has 0 nitrogen and oxygen atoms in total. The Labute approximate surface area is 169 Å². The molecule has 1 unspecified atom stereocenters. The van der Waals surface area contributed by atoms with E-state index in [0.29, 0.717) is 12.8 Å². The number of halogens is 12. The van der Waals surface area contributed by atoms with Gasteiger partial charge in [-0.1, -0.05) is 45.4 Å². The molecule has 0 aliphatic carbocycles. The predicted molar refractivity (Wildman–Crippen MR) is 90.6 cm³/mol. The Morgan fingerprint density at radius 3 is 1.46 bits per heavy atom. The van der Waals surface area contributed by atoms with E-state index in [2.05, 4.69) is 0 Å². The second-order valence-electron chi connectivity index (χ2n) is 6.32. The lowest BCUT2D eigenvalue weighted by atomic mass is 9.90. The molecule has 0 bridgehead atoms. The second kappa shape index (κ2) is 10.1. The molecule has 0 radical (unpaired) electrons. The maximum atomic E-state index is 14.1. The zero-order chi connectivity index (χ0) is 22.4. The molecular formula is C16H20F11I. The summed E-state index contributed by atoms with van der Waals surface area (Å²) < 4.78 is 142. The fraction of sp³-hybridized carbons (Fsp3) is 0.875. The lowest BCUT2D eigenvalue weighted by Gasteiger charge is -2.37. The van der Waals surface area contributed by atoms with Gasteiger partial charge >= 0.3 is 24.2 Å². The first kappa shape index (κ1) is 27.7. The van der Waals surface area contributed by atoms with Crippen molar-refractivity contribution >= 4 is 22.6 Å². The summed E-state index contributed by atoms with van der Waals surface area (Å²) in [5.41, 5.74) is -6.18. The second-order valence-corrected chi connectivity index (χ2v) is 7.70. The molecule has 1 atom stereocenters. The highest BCUT2D eigenvalue weighted by Crippen LogP contribution is 2.58. The van der Waals surface area contributed by atoms with E-state index in [1.165, 1.54) is 0 Å². The van der Waals surface area contributed by atoms with Gasteiger partial charge in [0.15, 0.2) is 0 Å². The van der Waals surface area contributed by atoms with Gasteiger partial charge in [-0.3, -0.25) is 0 Å². The molecule has 28 heavy (non-hydrogen) atoms. The van der Waals surface area contributed by atoms with E-state index in [4.69, 9.17) is 0 Å². The van der Waals surface area contributed by atoms with Crippen LogP contribution in [0.15, 0.2) is 9.66 Å². The van der Waals surface area contributed by atoms with Gasteiger partial charge in [0.1, 0.15) is 0 Å². The highest BCUT2D eigenvalue weighted by Gasteiger charge is 2.85. The van der Waals surface area contributed by atoms with Gasteiger partial charge in [-0.2, -0.15) is 43.9 Å². The van der Waals surface area contributed by atoms with Crippen LogP contribution < -0.4 is 0 Å². The third-order valence-corrected chi connectivity index (χ3v) is 4.85. The summed E-state index contributed by atoms with van der Waals surface area (Å²) in [4.78, 5) is 0. The molecule has 0 fully saturated rings. The molecule has 0 aromatic carbocycles. The number of hydrogen-bond acceptors (Lipinski definition) is 0. The van der Waals surface area contributed by atoms with Gasteiger partial charge in [0.2, 0.25) is 0 Å². The molecule has 0 rings (SSSR count). The number of rotatable bonds is 11. The van der Waals surface area contributed by atoms with Gasteiger partial charge in [-0.05, 0) is 45.1 Å². The third-order valence-electron chi connectivity index (χ3n) is 3.99. The Morgan fingerprint density at radius 1 is 0.643 bits per heavy atom. The van der Waals surface area contributed by atoms with Gasteiger partial charge < -0.3 is 0 Å². The van der Waals surface area contributed by atoms with Crippen molar-refractivity contribution in [3.05, 3.63) is 9.66 Å². The van der Waals surface area contributed by atoms with Crippen molar-refractivity contribution < 1.29 is 48.3 Å². The Balaban J connectivity index is 5.44. The van der Waals surface area contributed by atoms with E-state index in [-0.39, 0.29) is 12.8 Å². The summed E-state index contributed by atoms with van der Waals surface area (Å²) >= 11 is 1.03. The maximum Gasteiger partial charge on any atom is 0.460 e. The van der Waals surface area contributed by atoms with Gasteiger partial charge in [0, 0.05) is 0 Å². The summed E-state index contributed by atoms with van der Waals surface area (Å²) in [7, 11) is 0. The molecule has 0 aliphatic heterocycles. The first-order chi connectivity index (χ1) is 12.5. The van der Waals surface area contributed by atoms with Crippen LogP contribution in [0.2, 0.25) is 0 Å². The van der Waals surface area contributed by atoms with Crippen molar-refractivity contribution in [2.45, 2.75) is 88.2 Å². The molecule has 12 heteroatoms. The number of allylic oxidation sites excluding steroid dienone is 2. The zero-order valence-electron chi connectivity index (χ0n) is 14.8. The monoisotopic (exact) mass is 548 g/mol. The predicted octanol–water partition coefficient (Wildman–Crippen LogP) is 8.55. The lowest BCUT2D eigenvalue weighted by Crippen LogP contribution is -2.66. The average Bonchev–Trinajstić information content (AvgIpc) is 2.51. The van der Waals surface area contributed by atoms with Crippen molar-refractivity contribution in [2.24, 2.45) is 0 Å². The summed E-state index contributed by atoms with van der Waals surface area (Å²) in [6, 6.07) is 0. The Morgan fingerprint density at radius 2 is 1.07 bits per heavy atom. The zero-order valence-corrected chi connectivity index (χ0v) is 16.9. The minimum atomic E-state index is -7.23. The molecule has 0 amide bonds. The Hall–Kier alpha value is -0.300. The SMILES string of the molecule is CCCCCCCCCC(I)=CC(F)(C(F)(F)F)C(F)(F)C(F)(F)C(F)(F)F. The number of hydrogen-bond donors (Lipinski definition) is 0. The van der Waals surface area contributed by atoms with Crippen LogP contribution in [0, 0.1) is 0 Å². The highest BCUT2D eigenvalue weighted by atomic mass is 127. The highest BCUT2D eigenvalue weighted by molar-refractivity contribution is 14.1. The number of unbranched alkanes of at least 4 members (excludes halogenated alkanes) is 6.